The number of aliphatic imine (C=N–C) groups is 1. The highest BCUT2D eigenvalue weighted by atomic mass is 16.5. The molecule has 0 saturated carbocycles. The third-order valence-corrected chi connectivity index (χ3v) is 4.62. The average molecular weight is 385 g/mol. The van der Waals surface area contributed by atoms with Crippen LogP contribution < -0.4 is 5.73 Å². The molecule has 0 bridgehead atoms. The molecule has 0 unspecified atom stereocenters. The third-order valence-electron chi connectivity index (χ3n) is 4.62. The molecule has 0 aliphatic heterocycles. The molecule has 6 nitrogen and oxygen atoms in total. The van der Waals surface area contributed by atoms with E-state index in [2.05, 4.69) is 4.98 Å². The average Bonchev–Trinajstić information content (AvgIpc) is 3.07. The summed E-state index contributed by atoms with van der Waals surface area (Å²) in [6.07, 6.45) is 0. The van der Waals surface area contributed by atoms with Gasteiger partial charge in [-0.2, -0.15) is 0 Å². The van der Waals surface area contributed by atoms with E-state index in [1.807, 2.05) is 36.4 Å². The number of benzene rings is 3. The topological polar surface area (TPSA) is 101 Å². The van der Waals surface area contributed by atoms with Crippen LogP contribution in [0.4, 0.5) is 11.4 Å². The van der Waals surface area contributed by atoms with Gasteiger partial charge in [-0.05, 0) is 42.5 Å². The number of aromatic amines is 1. The number of carbonyl (C=O) groups is 1. The van der Waals surface area contributed by atoms with Crippen LogP contribution in [0.25, 0.3) is 10.9 Å². The second kappa shape index (κ2) is 7.52. The number of nitrogen functional groups attached to an aromatic ring is 1. The maximum Gasteiger partial charge on any atom is 0.337 e. The molecule has 0 atom stereocenters. The number of esters is 1. The molecule has 29 heavy (non-hydrogen) atoms. The van der Waals surface area contributed by atoms with Crippen molar-refractivity contribution in [2.24, 2.45) is 4.99 Å². The number of nitrogens with zero attached hydrogens (tertiary/aromatic N) is 1. The van der Waals surface area contributed by atoms with Gasteiger partial charge in [0.05, 0.1) is 35.2 Å². The van der Waals surface area contributed by atoms with Gasteiger partial charge >= 0.3 is 5.97 Å². The number of nitrogens with one attached hydrogen (secondary N) is 1. The van der Waals surface area contributed by atoms with Gasteiger partial charge in [0.15, 0.2) is 5.88 Å². The second-order valence-corrected chi connectivity index (χ2v) is 6.52. The lowest BCUT2D eigenvalue weighted by Crippen LogP contribution is -2.03. The fourth-order valence-electron chi connectivity index (χ4n) is 3.22. The highest BCUT2D eigenvalue weighted by Gasteiger charge is 2.18. The minimum Gasteiger partial charge on any atom is -0.494 e. The quantitative estimate of drug-likeness (QED) is 0.275. The molecule has 0 spiro atoms. The van der Waals surface area contributed by atoms with Crippen molar-refractivity contribution < 1.29 is 14.6 Å². The highest BCUT2D eigenvalue weighted by molar-refractivity contribution is 6.22. The van der Waals surface area contributed by atoms with Crippen LogP contribution in [0.5, 0.6) is 5.88 Å². The molecule has 144 valence electrons. The van der Waals surface area contributed by atoms with E-state index < -0.39 is 5.97 Å². The number of methoxy groups -OCH3 is 1. The lowest BCUT2D eigenvalue weighted by molar-refractivity contribution is 0.0601. The number of carbonyl (C=O) groups excluding carboxylic acids is 1. The molecule has 6 heteroatoms. The predicted octanol–water partition coefficient (Wildman–Crippen LogP) is 4.41. The first-order valence-electron chi connectivity index (χ1n) is 9.00. The molecule has 0 fully saturated rings. The number of hydrogen-bond donors (Lipinski definition) is 3. The van der Waals surface area contributed by atoms with E-state index in [0.29, 0.717) is 28.2 Å². The Labute approximate surface area is 167 Å². The van der Waals surface area contributed by atoms with E-state index in [4.69, 9.17) is 15.5 Å². The Hall–Kier alpha value is -4.06. The largest absolute Gasteiger partial charge is 0.494 e. The summed E-state index contributed by atoms with van der Waals surface area (Å²) >= 11 is 0. The normalized spacial score (nSPS) is 11.6. The molecule has 3 aromatic carbocycles. The van der Waals surface area contributed by atoms with E-state index in [1.54, 1.807) is 36.4 Å². The van der Waals surface area contributed by atoms with Crippen molar-refractivity contribution in [2.45, 2.75) is 0 Å². The number of hydrogen-bond acceptors (Lipinski definition) is 5. The van der Waals surface area contributed by atoms with Gasteiger partial charge in [0.25, 0.3) is 0 Å². The first-order valence-corrected chi connectivity index (χ1v) is 9.00. The Kier molecular flexibility index (Phi) is 4.75. The first-order chi connectivity index (χ1) is 14.1. The molecule has 4 N–H and O–H groups in total. The summed E-state index contributed by atoms with van der Waals surface area (Å²) in [5.41, 5.74) is 10.3. The zero-order valence-electron chi connectivity index (χ0n) is 15.7. The summed E-state index contributed by atoms with van der Waals surface area (Å²) in [5.74, 6) is -0.393. The van der Waals surface area contributed by atoms with Crippen LogP contribution in [0.2, 0.25) is 0 Å². The minimum absolute atomic E-state index is 0.0133. The summed E-state index contributed by atoms with van der Waals surface area (Å²) in [6.45, 7) is 0. The van der Waals surface area contributed by atoms with Crippen molar-refractivity contribution in [3.8, 4) is 5.88 Å². The molecule has 1 aromatic heterocycles. The summed E-state index contributed by atoms with van der Waals surface area (Å²) in [7, 11) is 1.34. The van der Waals surface area contributed by atoms with Crippen LogP contribution in [0.1, 0.15) is 21.5 Å². The molecule has 4 aromatic rings. The van der Waals surface area contributed by atoms with Crippen LogP contribution in [-0.2, 0) is 4.74 Å². The summed E-state index contributed by atoms with van der Waals surface area (Å²) < 4.78 is 4.74. The highest BCUT2D eigenvalue weighted by Crippen LogP contribution is 2.32. The number of rotatable bonds is 4. The Morgan fingerprint density at radius 1 is 1.00 bits per heavy atom. The molecule has 4 rings (SSSR count). The van der Waals surface area contributed by atoms with Crippen molar-refractivity contribution in [1.29, 1.82) is 0 Å². The van der Waals surface area contributed by atoms with Crippen LogP contribution in [0, 0.1) is 0 Å². The number of anilines is 1. The minimum atomic E-state index is -0.407. The maximum atomic E-state index is 11.7. The van der Waals surface area contributed by atoms with E-state index in [-0.39, 0.29) is 5.88 Å². The van der Waals surface area contributed by atoms with Crippen LogP contribution >= 0.6 is 0 Å². The Bertz CT molecular complexity index is 1210. The van der Waals surface area contributed by atoms with Gasteiger partial charge in [0.1, 0.15) is 0 Å². The van der Waals surface area contributed by atoms with Crippen molar-refractivity contribution >= 4 is 34.0 Å². The second-order valence-electron chi connectivity index (χ2n) is 6.52. The molecule has 0 saturated heterocycles. The predicted molar refractivity (Wildman–Crippen MR) is 114 cm³/mol. The molecule has 0 aliphatic carbocycles. The molecule has 0 aliphatic rings. The van der Waals surface area contributed by atoms with Crippen molar-refractivity contribution in [2.75, 3.05) is 12.8 Å². The fourth-order valence-corrected chi connectivity index (χ4v) is 3.22. The fraction of sp³-hybridized carbons (Fsp3) is 0.0435. The lowest BCUT2D eigenvalue weighted by Gasteiger charge is -2.08. The van der Waals surface area contributed by atoms with Gasteiger partial charge in [-0.25, -0.2) is 9.79 Å². The Morgan fingerprint density at radius 3 is 2.41 bits per heavy atom. The number of ether oxygens (including phenoxy) is 1. The summed E-state index contributed by atoms with van der Waals surface area (Å²) in [6, 6.07) is 21.8. The van der Waals surface area contributed by atoms with Gasteiger partial charge in [-0.1, -0.05) is 30.3 Å². The number of aromatic hydroxyl groups is 1. The smallest absolute Gasteiger partial charge is 0.337 e. The van der Waals surface area contributed by atoms with Crippen molar-refractivity contribution in [1.82, 2.24) is 4.98 Å². The molecular formula is C23H19N3O3. The van der Waals surface area contributed by atoms with Gasteiger partial charge < -0.3 is 20.6 Å². The monoisotopic (exact) mass is 385 g/mol. The molecule has 1 heterocycles. The number of H-pyrrole nitrogens is 1. The Morgan fingerprint density at radius 2 is 1.72 bits per heavy atom. The zero-order valence-corrected chi connectivity index (χ0v) is 15.7. The van der Waals surface area contributed by atoms with Crippen LogP contribution in [0.15, 0.2) is 77.8 Å². The van der Waals surface area contributed by atoms with Crippen molar-refractivity contribution in [3.63, 3.8) is 0 Å². The van der Waals surface area contributed by atoms with Crippen LogP contribution in [-0.4, -0.2) is 28.9 Å². The molecular weight excluding hydrogens is 366 g/mol. The van der Waals surface area contributed by atoms with E-state index >= 15 is 0 Å². The number of aromatic nitrogens is 1. The van der Waals surface area contributed by atoms with E-state index in [9.17, 15) is 9.90 Å². The standard InChI is InChI=1S/C23H19N3O3/c1-29-23(28)15-7-10-17(11-8-15)25-21(14-5-3-2-4-6-14)20-18-12-9-16(24)13-19(18)26-22(20)27/h2-13,26-27H,24H2,1H3. The first kappa shape index (κ1) is 18.3. The zero-order chi connectivity index (χ0) is 20.4. The third kappa shape index (κ3) is 3.55. The van der Waals surface area contributed by atoms with Crippen molar-refractivity contribution in [3.05, 3.63) is 89.5 Å². The van der Waals surface area contributed by atoms with E-state index in [0.717, 1.165) is 16.5 Å². The van der Waals surface area contributed by atoms with Gasteiger partial charge in [-0.15, -0.1) is 0 Å². The van der Waals surface area contributed by atoms with Crippen LogP contribution in [0.3, 0.4) is 0 Å². The lowest BCUT2D eigenvalue weighted by atomic mass is 10.0. The molecule has 0 amide bonds. The summed E-state index contributed by atoms with van der Waals surface area (Å²) in [4.78, 5) is 19.4. The number of fused-ring (bicyclic) bond motifs is 1. The van der Waals surface area contributed by atoms with E-state index in [1.165, 1.54) is 7.11 Å². The summed E-state index contributed by atoms with van der Waals surface area (Å²) in [5, 5.41) is 11.5. The Balaban J connectivity index is 1.89. The maximum absolute atomic E-state index is 11.7. The number of nitrogens with two attached hydrogens (primary N) is 1. The SMILES string of the molecule is COC(=O)c1ccc(N=C(c2ccccc2)c2c(O)[nH]c3cc(N)ccc23)cc1. The van der Waals surface area contributed by atoms with Gasteiger partial charge in [0.2, 0.25) is 0 Å². The van der Waals surface area contributed by atoms with Gasteiger partial charge in [-0.3, -0.25) is 0 Å². The molecule has 0 radical (unpaired) electrons. The van der Waals surface area contributed by atoms with Gasteiger partial charge in [0, 0.05) is 16.6 Å².